The fourth-order valence-corrected chi connectivity index (χ4v) is 3.47. The molecular formula is C22H37N5O. The number of guanidine groups is 1. The van der Waals surface area contributed by atoms with Crippen molar-refractivity contribution in [2.24, 2.45) is 4.99 Å². The van der Waals surface area contributed by atoms with Crippen molar-refractivity contribution < 1.29 is 4.79 Å². The Hall–Kier alpha value is -2.08. The van der Waals surface area contributed by atoms with Crippen LogP contribution in [0.2, 0.25) is 0 Å². The largest absolute Gasteiger partial charge is 0.357 e. The minimum absolute atomic E-state index is 0.0905. The third kappa shape index (κ3) is 7.15. The molecule has 0 saturated carbocycles. The van der Waals surface area contributed by atoms with Crippen LogP contribution < -0.4 is 10.6 Å². The number of hydrogen-bond acceptors (Lipinski definition) is 3. The van der Waals surface area contributed by atoms with Gasteiger partial charge in [-0.15, -0.1) is 0 Å². The number of benzene rings is 1. The lowest BCUT2D eigenvalue weighted by Crippen LogP contribution is -2.42. The van der Waals surface area contributed by atoms with Gasteiger partial charge in [0.15, 0.2) is 5.96 Å². The number of piperidine rings is 1. The molecule has 1 saturated heterocycles. The molecule has 6 nitrogen and oxygen atoms in total. The van der Waals surface area contributed by atoms with E-state index in [2.05, 4.69) is 27.4 Å². The molecule has 0 bridgehead atoms. The van der Waals surface area contributed by atoms with E-state index in [0.29, 0.717) is 6.54 Å². The minimum Gasteiger partial charge on any atom is -0.357 e. The monoisotopic (exact) mass is 387 g/mol. The molecule has 6 heteroatoms. The van der Waals surface area contributed by atoms with E-state index >= 15 is 0 Å². The molecule has 28 heavy (non-hydrogen) atoms. The maximum Gasteiger partial charge on any atom is 0.253 e. The second-order valence-corrected chi connectivity index (χ2v) is 7.20. The van der Waals surface area contributed by atoms with Crippen molar-refractivity contribution in [3.05, 3.63) is 35.4 Å². The SMILES string of the molecule is CCNC(=NCc1ccc(C(=O)N(CC)CC)cc1)NCCN1CCCCC1. The number of rotatable bonds is 9. The molecule has 1 aliphatic heterocycles. The Kier molecular flexibility index (Phi) is 9.83. The van der Waals surface area contributed by atoms with Crippen molar-refractivity contribution in [1.29, 1.82) is 0 Å². The maximum absolute atomic E-state index is 12.4. The fourth-order valence-electron chi connectivity index (χ4n) is 3.47. The van der Waals surface area contributed by atoms with Crippen molar-refractivity contribution in [3.63, 3.8) is 0 Å². The average Bonchev–Trinajstić information content (AvgIpc) is 2.74. The van der Waals surface area contributed by atoms with E-state index in [1.165, 1.54) is 32.4 Å². The highest BCUT2D eigenvalue weighted by Gasteiger charge is 2.12. The van der Waals surface area contributed by atoms with Crippen LogP contribution in [0, 0.1) is 0 Å². The standard InChI is InChI=1S/C22H37N5O/c1-4-23-22(24-14-17-26-15-8-7-9-16-26)25-18-19-10-12-20(13-11-19)21(28)27(5-2)6-3/h10-13H,4-9,14-18H2,1-3H3,(H2,23,24,25). The Morgan fingerprint density at radius 1 is 1.04 bits per heavy atom. The van der Waals surface area contributed by atoms with E-state index in [-0.39, 0.29) is 5.91 Å². The minimum atomic E-state index is 0.0905. The molecule has 0 atom stereocenters. The molecule has 1 heterocycles. The molecule has 0 aromatic heterocycles. The number of likely N-dealkylation sites (tertiary alicyclic amines) is 1. The van der Waals surface area contributed by atoms with E-state index in [1.807, 2.05) is 43.0 Å². The Balaban J connectivity index is 1.86. The molecule has 0 radical (unpaired) electrons. The maximum atomic E-state index is 12.4. The van der Waals surface area contributed by atoms with E-state index < -0.39 is 0 Å². The number of hydrogen-bond donors (Lipinski definition) is 2. The molecule has 1 aromatic carbocycles. The Bertz CT molecular complexity index is 604. The van der Waals surface area contributed by atoms with Crippen LogP contribution in [0.5, 0.6) is 0 Å². The first kappa shape index (κ1) is 22.2. The fraction of sp³-hybridized carbons (Fsp3) is 0.636. The highest BCUT2D eigenvalue weighted by atomic mass is 16.2. The van der Waals surface area contributed by atoms with Gasteiger partial charge in [-0.3, -0.25) is 4.79 Å². The topological polar surface area (TPSA) is 60.0 Å². The smallest absolute Gasteiger partial charge is 0.253 e. The summed E-state index contributed by atoms with van der Waals surface area (Å²) in [7, 11) is 0. The Labute approximate surface area is 170 Å². The van der Waals surface area contributed by atoms with Crippen LogP contribution in [-0.2, 0) is 6.54 Å². The van der Waals surface area contributed by atoms with Crippen LogP contribution in [0.25, 0.3) is 0 Å². The van der Waals surface area contributed by atoms with Gasteiger partial charge in [-0.1, -0.05) is 18.6 Å². The number of amides is 1. The lowest BCUT2D eigenvalue weighted by Gasteiger charge is -2.26. The molecule has 1 amide bonds. The third-order valence-electron chi connectivity index (χ3n) is 5.18. The number of carbonyl (C=O) groups excluding carboxylic acids is 1. The van der Waals surface area contributed by atoms with Crippen molar-refractivity contribution in [3.8, 4) is 0 Å². The summed E-state index contributed by atoms with van der Waals surface area (Å²) in [5.41, 5.74) is 1.84. The number of nitrogens with zero attached hydrogens (tertiary/aromatic N) is 3. The molecule has 2 N–H and O–H groups in total. The summed E-state index contributed by atoms with van der Waals surface area (Å²) >= 11 is 0. The molecule has 0 spiro atoms. The highest BCUT2D eigenvalue weighted by Crippen LogP contribution is 2.09. The summed E-state index contributed by atoms with van der Waals surface area (Å²) in [6.45, 7) is 13.4. The van der Waals surface area contributed by atoms with Gasteiger partial charge in [0.2, 0.25) is 0 Å². The summed E-state index contributed by atoms with van der Waals surface area (Å²) in [5.74, 6) is 0.940. The lowest BCUT2D eigenvalue weighted by molar-refractivity contribution is 0.0773. The molecule has 1 fully saturated rings. The average molecular weight is 388 g/mol. The summed E-state index contributed by atoms with van der Waals surface area (Å²) in [4.78, 5) is 21.4. The van der Waals surface area contributed by atoms with Gasteiger partial charge >= 0.3 is 0 Å². The van der Waals surface area contributed by atoms with Crippen molar-refractivity contribution in [1.82, 2.24) is 20.4 Å². The molecular weight excluding hydrogens is 350 g/mol. The second-order valence-electron chi connectivity index (χ2n) is 7.20. The van der Waals surface area contributed by atoms with Crippen molar-refractivity contribution in [2.75, 3.05) is 45.8 Å². The van der Waals surface area contributed by atoms with Gasteiger partial charge < -0.3 is 20.4 Å². The summed E-state index contributed by atoms with van der Waals surface area (Å²) in [6, 6.07) is 7.81. The molecule has 156 valence electrons. The summed E-state index contributed by atoms with van der Waals surface area (Å²) in [5, 5.41) is 6.74. The van der Waals surface area contributed by atoms with Crippen LogP contribution in [-0.4, -0.2) is 67.5 Å². The molecule has 2 rings (SSSR count). The van der Waals surface area contributed by atoms with Crippen LogP contribution in [0.1, 0.15) is 56.0 Å². The van der Waals surface area contributed by atoms with Gasteiger partial charge in [-0.05, 0) is 64.4 Å². The van der Waals surface area contributed by atoms with Crippen LogP contribution >= 0.6 is 0 Å². The van der Waals surface area contributed by atoms with Crippen LogP contribution in [0.4, 0.5) is 0 Å². The van der Waals surface area contributed by atoms with Gasteiger partial charge in [-0.2, -0.15) is 0 Å². The molecule has 1 aliphatic rings. The zero-order valence-electron chi connectivity index (χ0n) is 17.8. The first-order valence-electron chi connectivity index (χ1n) is 10.8. The predicted octanol–water partition coefficient (Wildman–Crippen LogP) is 2.71. The van der Waals surface area contributed by atoms with Crippen molar-refractivity contribution >= 4 is 11.9 Å². The van der Waals surface area contributed by atoms with Crippen LogP contribution in [0.15, 0.2) is 29.3 Å². The number of carbonyl (C=O) groups is 1. The van der Waals surface area contributed by atoms with E-state index in [9.17, 15) is 4.79 Å². The van der Waals surface area contributed by atoms with Gasteiger partial charge in [0.1, 0.15) is 0 Å². The molecule has 1 aromatic rings. The van der Waals surface area contributed by atoms with E-state index in [4.69, 9.17) is 0 Å². The number of nitrogens with one attached hydrogen (secondary N) is 2. The quantitative estimate of drug-likeness (QED) is 0.505. The second kappa shape index (κ2) is 12.4. The zero-order chi connectivity index (χ0) is 20.2. The zero-order valence-corrected chi connectivity index (χ0v) is 17.8. The van der Waals surface area contributed by atoms with Gasteiger partial charge in [-0.25, -0.2) is 4.99 Å². The van der Waals surface area contributed by atoms with E-state index in [0.717, 1.165) is 49.8 Å². The summed E-state index contributed by atoms with van der Waals surface area (Å²) < 4.78 is 0. The van der Waals surface area contributed by atoms with Gasteiger partial charge in [0, 0.05) is 38.3 Å². The van der Waals surface area contributed by atoms with Gasteiger partial charge in [0.25, 0.3) is 5.91 Å². The predicted molar refractivity (Wildman–Crippen MR) is 117 cm³/mol. The highest BCUT2D eigenvalue weighted by molar-refractivity contribution is 5.94. The van der Waals surface area contributed by atoms with E-state index in [1.54, 1.807) is 0 Å². The lowest BCUT2D eigenvalue weighted by atomic mass is 10.1. The number of aliphatic imine (C=N–C) groups is 1. The first-order chi connectivity index (χ1) is 13.7. The van der Waals surface area contributed by atoms with Gasteiger partial charge in [0.05, 0.1) is 6.54 Å². The molecule has 0 aliphatic carbocycles. The van der Waals surface area contributed by atoms with Crippen LogP contribution in [0.3, 0.4) is 0 Å². The Morgan fingerprint density at radius 3 is 2.32 bits per heavy atom. The first-order valence-corrected chi connectivity index (χ1v) is 10.8. The summed E-state index contributed by atoms with van der Waals surface area (Å²) in [6.07, 6.45) is 4.01. The van der Waals surface area contributed by atoms with Crippen molar-refractivity contribution in [2.45, 2.75) is 46.6 Å². The molecule has 0 unspecified atom stereocenters. The Morgan fingerprint density at radius 2 is 1.71 bits per heavy atom. The normalized spacial score (nSPS) is 15.3. The third-order valence-corrected chi connectivity index (χ3v) is 5.18.